The van der Waals surface area contributed by atoms with Gasteiger partial charge in [0.15, 0.2) is 0 Å². The summed E-state index contributed by atoms with van der Waals surface area (Å²) in [6, 6.07) is 36.7. The lowest BCUT2D eigenvalue weighted by atomic mass is 9.95. The van der Waals surface area contributed by atoms with Gasteiger partial charge in [0.1, 0.15) is 13.9 Å². The van der Waals surface area contributed by atoms with Crippen LogP contribution in [0.1, 0.15) is 72.8 Å². The van der Waals surface area contributed by atoms with E-state index in [1.165, 1.54) is 61.6 Å². The summed E-state index contributed by atoms with van der Waals surface area (Å²) in [6.07, 6.45) is 7.77. The maximum Gasteiger partial charge on any atom is 0.303 e. The Morgan fingerprint density at radius 1 is 0.907 bits per heavy atom. The minimum atomic E-state index is -0.922. The van der Waals surface area contributed by atoms with Crippen LogP contribution in [0.2, 0.25) is 0 Å². The number of fused-ring (bicyclic) bond motifs is 3. The van der Waals surface area contributed by atoms with Crippen molar-refractivity contribution in [1.82, 2.24) is 9.47 Å². The Balaban J connectivity index is 1.14. The molecule has 4 aromatic carbocycles. The van der Waals surface area contributed by atoms with Crippen LogP contribution in [-0.2, 0) is 16.1 Å². The van der Waals surface area contributed by atoms with E-state index in [9.17, 15) is 19.5 Å². The zero-order valence-electron chi connectivity index (χ0n) is 29.8. The highest BCUT2D eigenvalue weighted by Crippen LogP contribution is 2.52. The van der Waals surface area contributed by atoms with Crippen molar-refractivity contribution in [3.05, 3.63) is 150 Å². The van der Waals surface area contributed by atoms with Gasteiger partial charge < -0.3 is 10.0 Å². The lowest BCUT2D eigenvalue weighted by molar-refractivity contribution is -0.137. The van der Waals surface area contributed by atoms with Crippen molar-refractivity contribution in [2.24, 2.45) is 0 Å². The number of nitrogens with zero attached hydrogens (tertiary/aromatic N) is 3. The average molecular weight is 770 g/mol. The highest BCUT2D eigenvalue weighted by atomic mass is 32.2. The predicted molar refractivity (Wildman–Crippen MR) is 225 cm³/mol. The summed E-state index contributed by atoms with van der Waals surface area (Å²) < 4.78 is 3.07. The first kappa shape index (κ1) is 36.0. The van der Waals surface area contributed by atoms with Crippen molar-refractivity contribution in [3.63, 3.8) is 0 Å². The monoisotopic (exact) mass is 769 g/mol. The number of thiocarbonyl (C=S) groups is 1. The van der Waals surface area contributed by atoms with Gasteiger partial charge in [0.2, 0.25) is 0 Å². The molecule has 0 radical (unpaired) electrons. The fourth-order valence-corrected chi connectivity index (χ4v) is 10.7. The number of carboxylic acids is 1. The molecule has 54 heavy (non-hydrogen) atoms. The summed E-state index contributed by atoms with van der Waals surface area (Å²) in [5, 5.41) is 9.26. The van der Waals surface area contributed by atoms with E-state index in [0.29, 0.717) is 36.9 Å². The number of hydrogen-bond donors (Lipinski definition) is 1. The summed E-state index contributed by atoms with van der Waals surface area (Å²) in [4.78, 5) is 42.9. The molecule has 272 valence electrons. The second kappa shape index (κ2) is 15.4. The van der Waals surface area contributed by atoms with Gasteiger partial charge in [-0.25, -0.2) is 0 Å². The van der Waals surface area contributed by atoms with Gasteiger partial charge in [-0.3, -0.25) is 23.9 Å². The highest BCUT2D eigenvalue weighted by molar-refractivity contribution is 8.30. The molecule has 1 aliphatic carbocycles. The first-order valence-corrected chi connectivity index (χ1v) is 20.4. The van der Waals surface area contributed by atoms with Crippen molar-refractivity contribution in [1.29, 1.82) is 0 Å². The number of thioether (sulfide) groups is 1. The standard InChI is InChI=1S/C44H39N3O4S3/c1-2-45-42(51)40(54-44(45)52)43-46(24-10-17-39(48)49)41(50)38(53-43)27-29-20-23-37-35(26-29)33-15-9-16-36(33)47(37)32-21-18-28(19-22-32)25-34(30-11-5-3-6-12-30)31-13-7-4-8-14-31/h3-8,11-14,18-23,25-27,33,36H,2,9-10,15-17,24H2,1H3,(H,48,49)/b38-27+,43-40+. The zero-order chi connectivity index (χ0) is 37.3. The molecule has 2 fully saturated rings. The van der Waals surface area contributed by atoms with E-state index in [1.807, 2.05) is 25.1 Å². The summed E-state index contributed by atoms with van der Waals surface area (Å²) in [6.45, 7) is 2.52. The Hall–Kier alpha value is -5.03. The Kier molecular flexibility index (Phi) is 10.2. The molecule has 1 aromatic heterocycles. The Bertz CT molecular complexity index is 2430. The van der Waals surface area contributed by atoms with E-state index in [-0.39, 0.29) is 30.9 Å². The number of rotatable bonds is 10. The van der Waals surface area contributed by atoms with Crippen LogP contribution >= 0.6 is 35.3 Å². The van der Waals surface area contributed by atoms with Crippen LogP contribution < -0.4 is 19.7 Å². The van der Waals surface area contributed by atoms with Crippen LogP contribution in [-0.4, -0.2) is 43.4 Å². The van der Waals surface area contributed by atoms with Crippen molar-refractivity contribution in [3.8, 4) is 0 Å². The van der Waals surface area contributed by atoms with Gasteiger partial charge in [0, 0.05) is 42.8 Å². The van der Waals surface area contributed by atoms with E-state index in [1.54, 1.807) is 4.57 Å². The number of thiazole rings is 1. The van der Waals surface area contributed by atoms with Crippen molar-refractivity contribution < 1.29 is 14.7 Å². The van der Waals surface area contributed by atoms with E-state index in [2.05, 4.69) is 102 Å². The molecule has 8 rings (SSSR count). The van der Waals surface area contributed by atoms with Crippen LogP contribution in [0, 0.1) is 0 Å². The zero-order valence-corrected chi connectivity index (χ0v) is 32.3. The fraction of sp³-hybridized carbons (Fsp3) is 0.227. The molecule has 0 bridgehead atoms. The van der Waals surface area contributed by atoms with Gasteiger partial charge in [0.25, 0.3) is 11.5 Å². The molecule has 2 unspecified atom stereocenters. The largest absolute Gasteiger partial charge is 0.481 e. The maximum absolute atomic E-state index is 13.9. The van der Waals surface area contributed by atoms with Gasteiger partial charge in [-0.05, 0) is 96.0 Å². The molecule has 10 heteroatoms. The van der Waals surface area contributed by atoms with Crippen LogP contribution in [0.3, 0.4) is 0 Å². The first-order chi connectivity index (χ1) is 26.3. The van der Waals surface area contributed by atoms with Gasteiger partial charge in [-0.15, -0.1) is 11.3 Å². The second-order valence-electron chi connectivity index (χ2n) is 13.8. The quantitative estimate of drug-likeness (QED) is 0.114. The molecule has 1 amide bonds. The molecule has 1 N–H and O–H groups in total. The molecule has 1 saturated carbocycles. The fourth-order valence-electron chi connectivity index (χ4n) is 8.00. The number of hydrogen-bond acceptors (Lipinski definition) is 7. The number of carbonyl (C=O) groups is 2. The van der Waals surface area contributed by atoms with Crippen LogP contribution in [0.15, 0.2) is 108 Å². The number of benzene rings is 4. The van der Waals surface area contributed by atoms with Crippen LogP contribution in [0.4, 0.5) is 11.4 Å². The molecule has 5 aromatic rings. The molecule has 1 saturated heterocycles. The van der Waals surface area contributed by atoms with Crippen molar-refractivity contribution in [2.45, 2.75) is 57.5 Å². The van der Waals surface area contributed by atoms with Crippen LogP contribution in [0.5, 0.6) is 0 Å². The van der Waals surface area contributed by atoms with Crippen LogP contribution in [0.25, 0.3) is 22.6 Å². The van der Waals surface area contributed by atoms with Gasteiger partial charge in [-0.2, -0.15) is 0 Å². The number of anilines is 2. The van der Waals surface area contributed by atoms with E-state index >= 15 is 0 Å². The molecule has 3 aliphatic rings. The third-order valence-electron chi connectivity index (χ3n) is 10.5. The number of amides is 1. The SMILES string of the molecule is CCN1C(=O)/C(=c2\s/c(=C/c3ccc4c(c3)C3CCCC3N4c3ccc(C=C(c4ccccc4)c4ccccc4)cc3)c(=O)n2CCCC(=O)O)SC1=S. The van der Waals surface area contributed by atoms with Crippen molar-refractivity contribution in [2.75, 3.05) is 11.4 Å². The number of carbonyl (C=O) groups excluding carboxylic acids is 1. The second-order valence-corrected chi connectivity index (χ2v) is 16.5. The molecule has 2 atom stereocenters. The number of carboxylic acid groups (broad SMARTS) is 1. The third kappa shape index (κ3) is 6.90. The summed E-state index contributed by atoms with van der Waals surface area (Å²) >= 11 is 7.94. The Labute approximate surface area is 327 Å². The van der Waals surface area contributed by atoms with Gasteiger partial charge in [0.05, 0.1) is 4.53 Å². The number of aliphatic carboxylic acids is 1. The smallest absolute Gasteiger partial charge is 0.303 e. The summed E-state index contributed by atoms with van der Waals surface area (Å²) in [5.41, 5.74) is 9.04. The molecule has 0 spiro atoms. The average Bonchev–Trinajstić information content (AvgIpc) is 3.93. The summed E-state index contributed by atoms with van der Waals surface area (Å²) in [5.74, 6) is -0.741. The van der Waals surface area contributed by atoms with Crippen molar-refractivity contribution >= 4 is 85.5 Å². The molecule has 2 aliphatic heterocycles. The van der Waals surface area contributed by atoms with E-state index in [4.69, 9.17) is 12.2 Å². The third-order valence-corrected chi connectivity index (χ3v) is 13.2. The minimum absolute atomic E-state index is 0.0671. The van der Waals surface area contributed by atoms with Gasteiger partial charge in [-0.1, -0.05) is 109 Å². The normalized spacial score (nSPS) is 19.0. The Morgan fingerprint density at radius 2 is 1.59 bits per heavy atom. The lowest BCUT2D eigenvalue weighted by Crippen LogP contribution is -2.34. The molecule has 3 heterocycles. The Morgan fingerprint density at radius 3 is 2.24 bits per heavy atom. The van der Waals surface area contributed by atoms with E-state index in [0.717, 1.165) is 30.4 Å². The molecular formula is C44H39N3O4S3. The maximum atomic E-state index is 13.9. The number of aromatic nitrogens is 1. The summed E-state index contributed by atoms with van der Waals surface area (Å²) in [7, 11) is 0. The lowest BCUT2D eigenvalue weighted by Gasteiger charge is -2.27. The minimum Gasteiger partial charge on any atom is -0.481 e. The molecular weight excluding hydrogens is 731 g/mol. The predicted octanol–water partition coefficient (Wildman–Crippen LogP) is 7.97. The highest BCUT2D eigenvalue weighted by Gasteiger charge is 2.42. The molecule has 7 nitrogen and oxygen atoms in total. The van der Waals surface area contributed by atoms with E-state index < -0.39 is 5.97 Å². The topological polar surface area (TPSA) is 82.9 Å². The van der Waals surface area contributed by atoms with Gasteiger partial charge >= 0.3 is 5.97 Å². The first-order valence-electron chi connectivity index (χ1n) is 18.4.